The lowest BCUT2D eigenvalue weighted by atomic mass is 10.1. The highest BCUT2D eigenvalue weighted by Crippen LogP contribution is 2.35. The first-order valence-corrected chi connectivity index (χ1v) is 10.4. The van der Waals surface area contributed by atoms with Crippen molar-refractivity contribution >= 4 is 10.0 Å². The van der Waals surface area contributed by atoms with Crippen molar-refractivity contribution in [2.75, 3.05) is 6.61 Å². The Labute approximate surface area is 154 Å². The van der Waals surface area contributed by atoms with E-state index in [9.17, 15) is 8.42 Å². The second-order valence-corrected chi connectivity index (χ2v) is 8.77. The van der Waals surface area contributed by atoms with E-state index in [4.69, 9.17) is 4.74 Å². The van der Waals surface area contributed by atoms with Gasteiger partial charge in [0, 0.05) is 0 Å². The van der Waals surface area contributed by atoms with Crippen molar-refractivity contribution in [3.63, 3.8) is 0 Å². The zero-order valence-corrected chi connectivity index (χ0v) is 16.1. The van der Waals surface area contributed by atoms with Gasteiger partial charge < -0.3 is 4.74 Å². The Hall–Kier alpha value is -2.00. The third-order valence-corrected chi connectivity index (χ3v) is 5.78. The predicted octanol–water partition coefficient (Wildman–Crippen LogP) is 2.47. The largest absolute Gasteiger partial charge is 0.494 e. The van der Waals surface area contributed by atoms with E-state index in [-0.39, 0.29) is 10.9 Å². The number of hydrogen-bond donors (Lipinski definition) is 1. The van der Waals surface area contributed by atoms with E-state index in [1.165, 1.54) is 0 Å². The highest BCUT2D eigenvalue weighted by atomic mass is 32.2. The molecule has 0 saturated heterocycles. The SMILES string of the molecule is CC(C)CCOc1ccc(S(=O)(=O)N[C@H](C)c2nnnn2C2CC2)cc1. The van der Waals surface area contributed by atoms with Gasteiger partial charge in [-0.3, -0.25) is 0 Å². The maximum absolute atomic E-state index is 12.6. The summed E-state index contributed by atoms with van der Waals surface area (Å²) in [7, 11) is -3.67. The van der Waals surface area contributed by atoms with Gasteiger partial charge in [-0.05, 0) is 66.8 Å². The van der Waals surface area contributed by atoms with E-state index in [1.54, 1.807) is 35.9 Å². The van der Waals surface area contributed by atoms with Crippen molar-refractivity contribution in [2.45, 2.75) is 57.0 Å². The third-order valence-electron chi connectivity index (χ3n) is 4.23. The summed E-state index contributed by atoms with van der Waals surface area (Å²) in [6.45, 7) is 6.62. The summed E-state index contributed by atoms with van der Waals surface area (Å²) in [5, 5.41) is 11.6. The van der Waals surface area contributed by atoms with Crippen LogP contribution in [0.25, 0.3) is 0 Å². The summed E-state index contributed by atoms with van der Waals surface area (Å²) >= 11 is 0. The maximum Gasteiger partial charge on any atom is 0.241 e. The monoisotopic (exact) mass is 379 g/mol. The van der Waals surface area contributed by atoms with Crippen molar-refractivity contribution in [1.82, 2.24) is 24.9 Å². The minimum absolute atomic E-state index is 0.186. The van der Waals surface area contributed by atoms with E-state index in [0.29, 0.717) is 24.1 Å². The van der Waals surface area contributed by atoms with Crippen molar-refractivity contribution in [1.29, 1.82) is 0 Å². The van der Waals surface area contributed by atoms with Gasteiger partial charge >= 0.3 is 0 Å². The Balaban J connectivity index is 1.64. The van der Waals surface area contributed by atoms with Crippen molar-refractivity contribution in [3.8, 4) is 5.75 Å². The van der Waals surface area contributed by atoms with E-state index in [0.717, 1.165) is 19.3 Å². The second-order valence-electron chi connectivity index (χ2n) is 7.06. The molecule has 1 heterocycles. The van der Waals surface area contributed by atoms with Gasteiger partial charge in [-0.15, -0.1) is 5.10 Å². The zero-order valence-electron chi connectivity index (χ0n) is 15.3. The molecule has 1 aliphatic rings. The third kappa shape index (κ3) is 4.59. The number of hydrogen-bond acceptors (Lipinski definition) is 6. The predicted molar refractivity (Wildman–Crippen MR) is 96.2 cm³/mol. The molecule has 1 saturated carbocycles. The lowest BCUT2D eigenvalue weighted by Gasteiger charge is -2.14. The number of tetrazole rings is 1. The van der Waals surface area contributed by atoms with Crippen LogP contribution in [0.1, 0.15) is 57.9 Å². The van der Waals surface area contributed by atoms with Crippen molar-refractivity contribution in [2.24, 2.45) is 5.92 Å². The fraction of sp³-hybridized carbons (Fsp3) is 0.588. The molecule has 0 unspecified atom stereocenters. The number of nitrogens with zero attached hydrogens (tertiary/aromatic N) is 4. The molecular formula is C17H25N5O3S. The van der Waals surface area contributed by atoms with Crippen LogP contribution in [0, 0.1) is 5.92 Å². The van der Waals surface area contributed by atoms with E-state index < -0.39 is 16.1 Å². The Kier molecular flexibility index (Phi) is 5.57. The molecule has 0 bridgehead atoms. The molecule has 1 N–H and O–H groups in total. The standard InChI is InChI=1S/C17H25N5O3S/c1-12(2)10-11-25-15-6-8-16(9-7-15)26(23,24)19-13(3)17-18-20-21-22(17)14-4-5-14/h6-9,12-14,19H,4-5,10-11H2,1-3H3/t13-/m1/s1. The van der Waals surface area contributed by atoms with Gasteiger partial charge in [0.05, 0.1) is 23.6 Å². The van der Waals surface area contributed by atoms with Crippen molar-refractivity contribution < 1.29 is 13.2 Å². The first-order valence-electron chi connectivity index (χ1n) is 8.90. The highest BCUT2D eigenvalue weighted by Gasteiger charge is 2.31. The summed E-state index contributed by atoms with van der Waals surface area (Å²) in [5.41, 5.74) is 0. The molecule has 2 aromatic rings. The maximum atomic E-state index is 12.6. The lowest BCUT2D eigenvalue weighted by Crippen LogP contribution is -2.29. The summed E-state index contributed by atoms with van der Waals surface area (Å²) in [5.74, 6) is 1.76. The molecular weight excluding hydrogens is 354 g/mol. The molecule has 1 fully saturated rings. The van der Waals surface area contributed by atoms with E-state index >= 15 is 0 Å². The molecule has 9 heteroatoms. The summed E-state index contributed by atoms with van der Waals surface area (Å²) in [4.78, 5) is 0.186. The number of nitrogens with one attached hydrogen (secondary N) is 1. The van der Waals surface area contributed by atoms with Crippen LogP contribution in [0.2, 0.25) is 0 Å². The van der Waals surface area contributed by atoms with Gasteiger partial charge in [0.1, 0.15) is 5.75 Å². The number of rotatable bonds is 9. The molecule has 0 amide bonds. The molecule has 8 nitrogen and oxygen atoms in total. The second kappa shape index (κ2) is 7.71. The van der Waals surface area contributed by atoms with E-state index in [2.05, 4.69) is 34.1 Å². The number of benzene rings is 1. The first-order chi connectivity index (χ1) is 12.4. The molecule has 1 aromatic carbocycles. The average molecular weight is 379 g/mol. The molecule has 142 valence electrons. The normalized spacial score (nSPS) is 16.0. The molecule has 0 spiro atoms. The fourth-order valence-electron chi connectivity index (χ4n) is 2.55. The van der Waals surface area contributed by atoms with Crippen LogP contribution in [0.3, 0.4) is 0 Å². The van der Waals surface area contributed by atoms with Gasteiger partial charge in [0.15, 0.2) is 5.82 Å². The quantitative estimate of drug-likeness (QED) is 0.718. The molecule has 0 radical (unpaired) electrons. The first kappa shape index (κ1) is 18.8. The Morgan fingerprint density at radius 3 is 2.54 bits per heavy atom. The fourth-order valence-corrected chi connectivity index (χ4v) is 3.75. The number of ether oxygens (including phenoxy) is 1. The Morgan fingerprint density at radius 2 is 1.92 bits per heavy atom. The van der Waals surface area contributed by atoms with Crippen LogP contribution in [-0.4, -0.2) is 35.2 Å². The topological polar surface area (TPSA) is 99.0 Å². The summed E-state index contributed by atoms with van der Waals surface area (Å²) in [6, 6.07) is 6.21. The molecule has 0 aliphatic heterocycles. The number of aromatic nitrogens is 4. The average Bonchev–Trinajstić information content (AvgIpc) is 3.31. The molecule has 26 heavy (non-hydrogen) atoms. The lowest BCUT2D eigenvalue weighted by molar-refractivity contribution is 0.289. The number of sulfonamides is 1. The molecule has 3 rings (SSSR count). The minimum atomic E-state index is -3.67. The van der Waals surface area contributed by atoms with Crippen LogP contribution < -0.4 is 9.46 Å². The Bertz CT molecular complexity index is 828. The molecule has 1 aromatic heterocycles. The van der Waals surface area contributed by atoms with Crippen molar-refractivity contribution in [3.05, 3.63) is 30.1 Å². The van der Waals surface area contributed by atoms with Crippen LogP contribution in [0.5, 0.6) is 5.75 Å². The smallest absolute Gasteiger partial charge is 0.241 e. The molecule has 1 atom stereocenters. The summed E-state index contributed by atoms with van der Waals surface area (Å²) < 4.78 is 35.2. The van der Waals surface area contributed by atoms with Gasteiger partial charge in [-0.25, -0.2) is 17.8 Å². The highest BCUT2D eigenvalue weighted by molar-refractivity contribution is 7.89. The van der Waals surface area contributed by atoms with Crippen LogP contribution in [0.4, 0.5) is 0 Å². The van der Waals surface area contributed by atoms with Crippen LogP contribution in [-0.2, 0) is 10.0 Å². The van der Waals surface area contributed by atoms with Crippen LogP contribution >= 0.6 is 0 Å². The minimum Gasteiger partial charge on any atom is -0.494 e. The Morgan fingerprint density at radius 1 is 1.23 bits per heavy atom. The van der Waals surface area contributed by atoms with E-state index in [1.807, 2.05) is 0 Å². The zero-order chi connectivity index (χ0) is 18.7. The van der Waals surface area contributed by atoms with Gasteiger partial charge in [0.25, 0.3) is 0 Å². The van der Waals surface area contributed by atoms with Crippen LogP contribution in [0.15, 0.2) is 29.2 Å². The van der Waals surface area contributed by atoms with Gasteiger partial charge in [-0.2, -0.15) is 0 Å². The molecule has 1 aliphatic carbocycles. The van der Waals surface area contributed by atoms with Gasteiger partial charge in [0.2, 0.25) is 10.0 Å². The van der Waals surface area contributed by atoms with Gasteiger partial charge in [-0.1, -0.05) is 13.8 Å². The summed E-state index contributed by atoms with van der Waals surface area (Å²) in [6.07, 6.45) is 3.00.